The topological polar surface area (TPSA) is 26.3 Å². The van der Waals surface area contributed by atoms with Gasteiger partial charge in [0.25, 0.3) is 0 Å². The summed E-state index contributed by atoms with van der Waals surface area (Å²) in [5.74, 6) is -15.3. The Labute approximate surface area is 79.0 Å². The van der Waals surface area contributed by atoms with E-state index in [-0.39, 0.29) is 0 Å². The molecule has 0 spiro atoms. The Bertz CT molecular complexity index is 244. The maximum absolute atomic E-state index is 12.3. The molecule has 9 heteroatoms. The van der Waals surface area contributed by atoms with E-state index in [0.29, 0.717) is 0 Å². The maximum atomic E-state index is 12.3. The molecule has 0 aromatic rings. The van der Waals surface area contributed by atoms with Gasteiger partial charge in [0.2, 0.25) is 0 Å². The summed E-state index contributed by atoms with van der Waals surface area (Å²) in [6.07, 6.45) is -6.52. The SMILES string of the molecule is CCOC(=O)C(F)(F)C(F)(F)C(F)(F)F. The number of carbonyl (C=O) groups is 1. The van der Waals surface area contributed by atoms with Crippen molar-refractivity contribution in [3.05, 3.63) is 0 Å². The summed E-state index contributed by atoms with van der Waals surface area (Å²) in [6, 6.07) is 0. The predicted octanol–water partition coefficient (Wildman–Crippen LogP) is 2.38. The van der Waals surface area contributed by atoms with Crippen LogP contribution in [0.1, 0.15) is 6.92 Å². The zero-order valence-corrected chi connectivity index (χ0v) is 7.17. The van der Waals surface area contributed by atoms with Gasteiger partial charge in [0.15, 0.2) is 0 Å². The normalized spacial score (nSPS) is 13.9. The Hall–Kier alpha value is -1.02. The van der Waals surface area contributed by atoms with Crippen molar-refractivity contribution in [2.24, 2.45) is 0 Å². The lowest BCUT2D eigenvalue weighted by Gasteiger charge is -2.26. The molecule has 90 valence electrons. The minimum absolute atomic E-state index is 0.734. The molecular formula is C6H5F7O2. The lowest BCUT2D eigenvalue weighted by molar-refractivity contribution is -0.348. The van der Waals surface area contributed by atoms with Gasteiger partial charge in [-0.1, -0.05) is 0 Å². The molecule has 0 unspecified atom stereocenters. The average Bonchev–Trinajstić information content (AvgIpc) is 2.02. The van der Waals surface area contributed by atoms with E-state index in [9.17, 15) is 35.5 Å². The molecule has 0 fully saturated rings. The fourth-order valence-electron chi connectivity index (χ4n) is 0.528. The molecule has 0 saturated carbocycles. The molecule has 0 aliphatic heterocycles. The Kier molecular flexibility index (Phi) is 3.59. The fourth-order valence-corrected chi connectivity index (χ4v) is 0.528. The number of alkyl halides is 7. The van der Waals surface area contributed by atoms with E-state index in [1.165, 1.54) is 0 Å². The largest absolute Gasteiger partial charge is 0.461 e. The number of esters is 1. The van der Waals surface area contributed by atoms with Crippen LogP contribution in [0.15, 0.2) is 0 Å². The number of halogens is 7. The Morgan fingerprint density at radius 2 is 1.47 bits per heavy atom. The van der Waals surface area contributed by atoms with Crippen molar-refractivity contribution >= 4 is 5.97 Å². The molecule has 0 aromatic carbocycles. The van der Waals surface area contributed by atoms with Crippen LogP contribution in [0.5, 0.6) is 0 Å². The minimum Gasteiger partial charge on any atom is -0.461 e. The molecule has 0 aliphatic carbocycles. The molecule has 2 nitrogen and oxygen atoms in total. The summed E-state index contributed by atoms with van der Waals surface area (Å²) < 4.78 is 86.8. The molecular weight excluding hydrogens is 237 g/mol. The maximum Gasteiger partial charge on any atom is 0.460 e. The van der Waals surface area contributed by atoms with Crippen LogP contribution in [0.3, 0.4) is 0 Å². The number of hydrogen-bond acceptors (Lipinski definition) is 2. The van der Waals surface area contributed by atoms with Crippen LogP contribution in [0.25, 0.3) is 0 Å². The highest BCUT2D eigenvalue weighted by molar-refractivity contribution is 5.79. The second-order valence-corrected chi connectivity index (χ2v) is 2.37. The van der Waals surface area contributed by atoms with Crippen LogP contribution in [0, 0.1) is 0 Å². The molecule has 15 heavy (non-hydrogen) atoms. The molecule has 0 heterocycles. The minimum atomic E-state index is -6.52. The van der Waals surface area contributed by atoms with E-state index < -0.39 is 30.6 Å². The van der Waals surface area contributed by atoms with Gasteiger partial charge >= 0.3 is 24.0 Å². The zero-order valence-electron chi connectivity index (χ0n) is 7.17. The third-order valence-corrected chi connectivity index (χ3v) is 1.28. The highest BCUT2D eigenvalue weighted by Crippen LogP contribution is 2.46. The van der Waals surface area contributed by atoms with Crippen LogP contribution < -0.4 is 0 Å². The second kappa shape index (κ2) is 3.86. The number of ether oxygens (including phenoxy) is 1. The standard InChI is InChI=1S/C6H5F7O2/c1-2-15-3(14)4(7,8)5(9,10)6(11,12)13/h2H2,1H3. The van der Waals surface area contributed by atoms with E-state index in [2.05, 4.69) is 4.74 Å². The van der Waals surface area contributed by atoms with Crippen LogP contribution in [-0.2, 0) is 9.53 Å². The highest BCUT2D eigenvalue weighted by Gasteiger charge is 2.77. The number of hydrogen-bond donors (Lipinski definition) is 0. The molecule has 0 aromatic heterocycles. The lowest BCUT2D eigenvalue weighted by Crippen LogP contribution is -2.56. The van der Waals surface area contributed by atoms with Crippen molar-refractivity contribution in [3.8, 4) is 0 Å². The Balaban J connectivity index is 5.10. The van der Waals surface area contributed by atoms with Gasteiger partial charge in [-0.25, -0.2) is 4.79 Å². The van der Waals surface area contributed by atoms with Gasteiger partial charge in [-0.3, -0.25) is 0 Å². The van der Waals surface area contributed by atoms with Crippen molar-refractivity contribution in [1.29, 1.82) is 0 Å². The third kappa shape index (κ3) is 2.32. The van der Waals surface area contributed by atoms with Crippen molar-refractivity contribution in [3.63, 3.8) is 0 Å². The molecule has 0 saturated heterocycles. The quantitative estimate of drug-likeness (QED) is 0.561. The molecule has 0 rings (SSSR count). The van der Waals surface area contributed by atoms with Crippen molar-refractivity contribution in [1.82, 2.24) is 0 Å². The molecule has 0 radical (unpaired) electrons. The van der Waals surface area contributed by atoms with E-state index >= 15 is 0 Å². The smallest absolute Gasteiger partial charge is 0.460 e. The van der Waals surface area contributed by atoms with Crippen molar-refractivity contribution < 1.29 is 40.3 Å². The molecule has 0 amide bonds. The van der Waals surface area contributed by atoms with Crippen LogP contribution in [0.4, 0.5) is 30.7 Å². The first-order valence-electron chi connectivity index (χ1n) is 3.48. The lowest BCUT2D eigenvalue weighted by atomic mass is 10.1. The number of rotatable bonds is 3. The predicted molar refractivity (Wildman–Crippen MR) is 32.6 cm³/mol. The summed E-state index contributed by atoms with van der Waals surface area (Å²) in [6.45, 7) is 0.252. The monoisotopic (exact) mass is 242 g/mol. The van der Waals surface area contributed by atoms with Gasteiger partial charge < -0.3 is 4.74 Å². The first kappa shape index (κ1) is 14.0. The van der Waals surface area contributed by atoms with Crippen LogP contribution in [-0.4, -0.2) is 30.6 Å². The van der Waals surface area contributed by atoms with Crippen molar-refractivity contribution in [2.75, 3.05) is 6.61 Å². The fraction of sp³-hybridized carbons (Fsp3) is 0.833. The Morgan fingerprint density at radius 1 is 1.07 bits per heavy atom. The molecule has 0 bridgehead atoms. The summed E-state index contributed by atoms with van der Waals surface area (Å²) in [5, 5.41) is 0. The summed E-state index contributed by atoms with van der Waals surface area (Å²) in [4.78, 5) is 10.2. The van der Waals surface area contributed by atoms with Gasteiger partial charge in [0.05, 0.1) is 6.61 Å². The van der Waals surface area contributed by atoms with Gasteiger partial charge in [-0.2, -0.15) is 30.7 Å². The summed E-state index contributed by atoms with van der Waals surface area (Å²) in [7, 11) is 0. The molecule has 0 N–H and O–H groups in total. The summed E-state index contributed by atoms with van der Waals surface area (Å²) >= 11 is 0. The van der Waals surface area contributed by atoms with Crippen molar-refractivity contribution in [2.45, 2.75) is 24.9 Å². The van der Waals surface area contributed by atoms with E-state index in [1.807, 2.05) is 0 Å². The average molecular weight is 242 g/mol. The van der Waals surface area contributed by atoms with E-state index in [4.69, 9.17) is 0 Å². The third-order valence-electron chi connectivity index (χ3n) is 1.28. The number of carbonyl (C=O) groups excluding carboxylic acids is 1. The zero-order chi connectivity index (χ0) is 12.5. The second-order valence-electron chi connectivity index (χ2n) is 2.37. The van der Waals surface area contributed by atoms with Gasteiger partial charge in [0, 0.05) is 0 Å². The van der Waals surface area contributed by atoms with E-state index in [1.54, 1.807) is 0 Å². The van der Waals surface area contributed by atoms with Gasteiger partial charge in [0.1, 0.15) is 0 Å². The van der Waals surface area contributed by atoms with Crippen LogP contribution >= 0.6 is 0 Å². The first-order valence-corrected chi connectivity index (χ1v) is 3.48. The van der Waals surface area contributed by atoms with E-state index in [0.717, 1.165) is 6.92 Å². The van der Waals surface area contributed by atoms with Gasteiger partial charge in [-0.15, -0.1) is 0 Å². The Morgan fingerprint density at radius 3 is 1.73 bits per heavy atom. The molecule has 0 atom stereocenters. The van der Waals surface area contributed by atoms with Gasteiger partial charge in [-0.05, 0) is 6.92 Å². The first-order chi connectivity index (χ1) is 6.48. The summed E-state index contributed by atoms with van der Waals surface area (Å²) in [5.41, 5.74) is 0. The highest BCUT2D eigenvalue weighted by atomic mass is 19.4. The molecule has 0 aliphatic rings. The van der Waals surface area contributed by atoms with Crippen LogP contribution in [0.2, 0.25) is 0 Å².